The number of ether oxygens (including phenoxy) is 2. The molecule has 1 fully saturated rings. The fraction of sp³-hybridized carbons (Fsp3) is 0.350. The number of para-hydroxylation sites is 2. The van der Waals surface area contributed by atoms with E-state index in [1.165, 1.54) is 18.4 Å². The first-order chi connectivity index (χ1) is 14.0. The van der Waals surface area contributed by atoms with Gasteiger partial charge < -0.3 is 19.3 Å². The smallest absolute Gasteiger partial charge is 0.348 e. The van der Waals surface area contributed by atoms with Gasteiger partial charge in [0.25, 0.3) is 0 Å². The molecule has 1 aliphatic rings. The van der Waals surface area contributed by atoms with Gasteiger partial charge in [0.2, 0.25) is 5.28 Å². The fourth-order valence-electron chi connectivity index (χ4n) is 3.66. The number of aromatic nitrogens is 2. The van der Waals surface area contributed by atoms with Crippen LogP contribution in [0.4, 0.5) is 11.5 Å². The van der Waals surface area contributed by atoms with Gasteiger partial charge in [-0.05, 0) is 36.2 Å². The van der Waals surface area contributed by atoms with Crippen molar-refractivity contribution in [3.63, 3.8) is 0 Å². The molecule has 0 aliphatic carbocycles. The molecular weight excluding hydrogens is 412 g/mol. The molecule has 29 heavy (non-hydrogen) atoms. The maximum Gasteiger partial charge on any atom is 0.348 e. The van der Waals surface area contributed by atoms with Crippen molar-refractivity contribution in [2.45, 2.75) is 6.92 Å². The van der Waals surface area contributed by atoms with E-state index in [1.54, 1.807) is 7.11 Å². The van der Waals surface area contributed by atoms with Crippen molar-refractivity contribution in [2.24, 2.45) is 0 Å². The van der Waals surface area contributed by atoms with Crippen LogP contribution in [0.15, 0.2) is 24.3 Å². The van der Waals surface area contributed by atoms with Crippen molar-refractivity contribution in [3.8, 4) is 5.75 Å². The van der Waals surface area contributed by atoms with Crippen LogP contribution in [0.5, 0.6) is 5.75 Å². The normalized spacial score (nSPS) is 14.3. The number of methoxy groups -OCH3 is 2. The fourth-order valence-corrected chi connectivity index (χ4v) is 4.97. The zero-order valence-electron chi connectivity index (χ0n) is 16.4. The van der Waals surface area contributed by atoms with Crippen LogP contribution in [0, 0.1) is 6.92 Å². The summed E-state index contributed by atoms with van der Waals surface area (Å²) in [6.45, 7) is 5.07. The van der Waals surface area contributed by atoms with Gasteiger partial charge in [-0.25, -0.2) is 9.78 Å². The van der Waals surface area contributed by atoms with E-state index in [0.29, 0.717) is 9.71 Å². The molecule has 0 atom stereocenters. The van der Waals surface area contributed by atoms with Crippen molar-refractivity contribution in [1.82, 2.24) is 9.97 Å². The largest absolute Gasteiger partial charge is 0.495 e. The minimum atomic E-state index is -0.367. The van der Waals surface area contributed by atoms with E-state index in [2.05, 4.69) is 25.8 Å². The van der Waals surface area contributed by atoms with Crippen LogP contribution in [-0.2, 0) is 4.74 Å². The Morgan fingerprint density at radius 2 is 1.79 bits per heavy atom. The molecule has 7 nitrogen and oxygen atoms in total. The summed E-state index contributed by atoms with van der Waals surface area (Å²) in [7, 11) is 3.07. The van der Waals surface area contributed by atoms with E-state index in [4.69, 9.17) is 21.1 Å². The molecule has 0 spiro atoms. The summed E-state index contributed by atoms with van der Waals surface area (Å²) >= 11 is 7.48. The lowest BCUT2D eigenvalue weighted by Crippen LogP contribution is -2.47. The molecular formula is C20H21ClN4O3S. The van der Waals surface area contributed by atoms with E-state index in [9.17, 15) is 4.79 Å². The molecule has 0 unspecified atom stereocenters. The highest BCUT2D eigenvalue weighted by atomic mass is 35.5. The van der Waals surface area contributed by atoms with Gasteiger partial charge in [0, 0.05) is 26.2 Å². The van der Waals surface area contributed by atoms with Gasteiger partial charge in [0.15, 0.2) is 0 Å². The lowest BCUT2D eigenvalue weighted by Gasteiger charge is -2.37. The number of rotatable bonds is 4. The Kier molecular flexibility index (Phi) is 5.47. The molecule has 0 radical (unpaired) electrons. The summed E-state index contributed by atoms with van der Waals surface area (Å²) in [5.41, 5.74) is 1.91. The highest BCUT2D eigenvalue weighted by Crippen LogP contribution is 2.37. The van der Waals surface area contributed by atoms with Crippen molar-refractivity contribution in [1.29, 1.82) is 0 Å². The zero-order valence-corrected chi connectivity index (χ0v) is 18.0. The van der Waals surface area contributed by atoms with E-state index in [1.807, 2.05) is 25.1 Å². The van der Waals surface area contributed by atoms with Crippen LogP contribution >= 0.6 is 22.9 Å². The number of thiophene rings is 1. The number of carbonyl (C=O) groups is 1. The maximum absolute atomic E-state index is 12.1. The molecule has 1 aliphatic heterocycles. The average Bonchev–Trinajstić information content (AvgIpc) is 3.08. The number of hydrogen-bond donors (Lipinski definition) is 0. The Morgan fingerprint density at radius 1 is 1.10 bits per heavy atom. The number of aryl methyl sites for hydroxylation is 1. The first-order valence-electron chi connectivity index (χ1n) is 9.21. The molecule has 4 rings (SSSR count). The molecule has 1 aromatic carbocycles. The third-order valence-corrected chi connectivity index (χ3v) is 6.45. The molecule has 0 bridgehead atoms. The molecule has 0 amide bonds. The summed E-state index contributed by atoms with van der Waals surface area (Å²) in [4.78, 5) is 26.7. The molecule has 1 saturated heterocycles. The molecule has 3 aromatic rings. The minimum absolute atomic E-state index is 0.178. The Bertz CT molecular complexity index is 1060. The van der Waals surface area contributed by atoms with Crippen LogP contribution in [-0.4, -0.2) is 56.3 Å². The van der Waals surface area contributed by atoms with Crippen molar-refractivity contribution in [3.05, 3.63) is 40.0 Å². The second-order valence-corrected chi connectivity index (χ2v) is 8.03. The Labute approximate surface area is 177 Å². The van der Waals surface area contributed by atoms with Crippen molar-refractivity contribution in [2.75, 3.05) is 50.2 Å². The molecule has 9 heteroatoms. The Hall–Kier alpha value is -2.58. The number of anilines is 2. The van der Waals surface area contributed by atoms with Crippen LogP contribution < -0.4 is 14.5 Å². The van der Waals surface area contributed by atoms with Gasteiger partial charge in [-0.15, -0.1) is 11.3 Å². The van der Waals surface area contributed by atoms with Crippen molar-refractivity contribution < 1.29 is 14.3 Å². The lowest BCUT2D eigenvalue weighted by molar-refractivity contribution is 0.0605. The van der Waals surface area contributed by atoms with E-state index < -0.39 is 0 Å². The standard InChI is InChI=1S/C20H21ClN4O3S/c1-12-15-17(22-20(21)23-18(15)29-16(12)19(26)28-3)25-10-8-24(9-11-25)13-6-4-5-7-14(13)27-2/h4-7H,8-11H2,1-3H3. The second kappa shape index (κ2) is 8.04. The summed E-state index contributed by atoms with van der Waals surface area (Å²) < 4.78 is 10.4. The van der Waals surface area contributed by atoms with Gasteiger partial charge in [-0.2, -0.15) is 4.98 Å². The van der Waals surface area contributed by atoms with Crippen molar-refractivity contribution >= 4 is 50.6 Å². The molecule has 152 valence electrons. The number of hydrogen-bond acceptors (Lipinski definition) is 8. The SMILES string of the molecule is COC(=O)c1sc2nc(Cl)nc(N3CCN(c4ccccc4OC)CC3)c2c1C. The molecule has 3 heterocycles. The number of nitrogens with zero attached hydrogens (tertiary/aromatic N) is 4. The number of benzene rings is 1. The highest BCUT2D eigenvalue weighted by molar-refractivity contribution is 7.20. The van der Waals surface area contributed by atoms with E-state index in [-0.39, 0.29) is 11.3 Å². The maximum atomic E-state index is 12.1. The number of piperazine rings is 1. The minimum Gasteiger partial charge on any atom is -0.495 e. The van der Waals surface area contributed by atoms with Gasteiger partial charge in [0.1, 0.15) is 21.3 Å². The summed E-state index contributed by atoms with van der Waals surface area (Å²) in [5, 5.41) is 1.04. The Balaban J connectivity index is 1.64. The molecule has 0 N–H and O–H groups in total. The third kappa shape index (κ3) is 3.58. The average molecular weight is 433 g/mol. The molecule has 2 aromatic heterocycles. The quantitative estimate of drug-likeness (QED) is 0.459. The van der Waals surface area contributed by atoms with Crippen LogP contribution in [0.1, 0.15) is 15.2 Å². The zero-order chi connectivity index (χ0) is 20.5. The summed E-state index contributed by atoms with van der Waals surface area (Å²) in [6.07, 6.45) is 0. The predicted molar refractivity (Wildman–Crippen MR) is 116 cm³/mol. The van der Waals surface area contributed by atoms with E-state index in [0.717, 1.165) is 54.4 Å². The van der Waals surface area contributed by atoms with Gasteiger partial charge in [-0.1, -0.05) is 12.1 Å². The second-order valence-electron chi connectivity index (χ2n) is 6.69. The summed E-state index contributed by atoms with van der Waals surface area (Å²) in [5.74, 6) is 1.27. The topological polar surface area (TPSA) is 67.8 Å². The number of halogens is 1. The third-order valence-electron chi connectivity index (χ3n) is 5.12. The number of carbonyl (C=O) groups excluding carboxylic acids is 1. The number of esters is 1. The molecule has 0 saturated carbocycles. The summed E-state index contributed by atoms with van der Waals surface area (Å²) in [6, 6.07) is 8.02. The van der Waals surface area contributed by atoms with Crippen LogP contribution in [0.25, 0.3) is 10.2 Å². The first-order valence-corrected chi connectivity index (χ1v) is 10.4. The van der Waals surface area contributed by atoms with Crippen LogP contribution in [0.2, 0.25) is 5.28 Å². The van der Waals surface area contributed by atoms with Gasteiger partial charge in [0.05, 0.1) is 25.3 Å². The monoisotopic (exact) mass is 432 g/mol. The van der Waals surface area contributed by atoms with Crippen LogP contribution in [0.3, 0.4) is 0 Å². The lowest BCUT2D eigenvalue weighted by atomic mass is 10.1. The van der Waals surface area contributed by atoms with Gasteiger partial charge in [-0.3, -0.25) is 0 Å². The first kappa shape index (κ1) is 19.7. The number of fused-ring (bicyclic) bond motifs is 1. The van der Waals surface area contributed by atoms with E-state index >= 15 is 0 Å². The predicted octanol–water partition coefficient (Wildman–Crippen LogP) is 3.77. The Morgan fingerprint density at radius 3 is 2.48 bits per heavy atom. The highest BCUT2D eigenvalue weighted by Gasteiger charge is 2.26. The van der Waals surface area contributed by atoms with Gasteiger partial charge >= 0.3 is 5.97 Å².